The number of barbiturate groups is 1. The normalized spacial score (nSPS) is 15.0. The fraction of sp³-hybridized carbons (Fsp3) is 0.346. The number of hydrogen-bond donors (Lipinski definition) is 1. The van der Waals surface area contributed by atoms with Crippen molar-refractivity contribution in [3.05, 3.63) is 58.1 Å². The molecule has 0 aromatic heterocycles. The number of rotatable bonds is 10. The van der Waals surface area contributed by atoms with E-state index >= 15 is 0 Å². The van der Waals surface area contributed by atoms with Gasteiger partial charge in [-0.25, -0.2) is 9.69 Å². The number of urea groups is 1. The van der Waals surface area contributed by atoms with Crippen LogP contribution in [0.5, 0.6) is 11.5 Å². The van der Waals surface area contributed by atoms with Crippen LogP contribution < -0.4 is 19.7 Å². The third-order valence-corrected chi connectivity index (χ3v) is 5.76. The van der Waals surface area contributed by atoms with Crippen molar-refractivity contribution < 1.29 is 23.9 Å². The molecule has 34 heavy (non-hydrogen) atoms. The minimum atomic E-state index is -0.825. The predicted octanol–water partition coefficient (Wildman–Crippen LogP) is 5.67. The zero-order valence-electron chi connectivity index (χ0n) is 19.7. The van der Waals surface area contributed by atoms with Gasteiger partial charge in [0.1, 0.15) is 5.57 Å². The summed E-state index contributed by atoms with van der Waals surface area (Å²) in [6, 6.07) is 9.20. The summed E-state index contributed by atoms with van der Waals surface area (Å²) in [6.45, 7) is 6.85. The number of halogens is 1. The summed E-state index contributed by atoms with van der Waals surface area (Å²) in [7, 11) is 0. The van der Waals surface area contributed by atoms with E-state index in [1.165, 1.54) is 18.6 Å². The van der Waals surface area contributed by atoms with Crippen molar-refractivity contribution in [2.24, 2.45) is 0 Å². The van der Waals surface area contributed by atoms with Crippen molar-refractivity contribution in [2.45, 2.75) is 46.5 Å². The number of hydrogen-bond acceptors (Lipinski definition) is 5. The summed E-state index contributed by atoms with van der Waals surface area (Å²) in [6.07, 6.45) is 5.80. The molecule has 1 aliphatic rings. The van der Waals surface area contributed by atoms with Crippen LogP contribution in [0.4, 0.5) is 10.5 Å². The SMILES string of the molecule is CCCCCCOc1ccc(/C=C2\C(=O)NC(=O)N(c3ccc(C)c(Cl)c3)C2=O)cc1OCC. The Kier molecular flexibility index (Phi) is 8.71. The molecule has 0 aliphatic carbocycles. The van der Waals surface area contributed by atoms with E-state index < -0.39 is 17.8 Å². The third kappa shape index (κ3) is 5.97. The van der Waals surface area contributed by atoms with E-state index in [0.29, 0.717) is 35.3 Å². The number of carbonyl (C=O) groups is 3. The van der Waals surface area contributed by atoms with Gasteiger partial charge in [-0.3, -0.25) is 14.9 Å². The Balaban J connectivity index is 1.86. The van der Waals surface area contributed by atoms with Gasteiger partial charge < -0.3 is 9.47 Å². The molecule has 2 aromatic rings. The molecule has 0 atom stereocenters. The molecule has 1 fully saturated rings. The first kappa shape index (κ1) is 25.3. The summed E-state index contributed by atoms with van der Waals surface area (Å²) in [4.78, 5) is 38.9. The van der Waals surface area contributed by atoms with E-state index in [2.05, 4.69) is 12.2 Å². The molecule has 1 N–H and O–H groups in total. The standard InChI is InChI=1S/C26H29ClN2O5/c1-4-6-7-8-13-34-22-12-10-18(15-23(22)33-5-2)14-20-24(30)28-26(32)29(25(20)31)19-11-9-17(3)21(27)16-19/h9-12,14-16H,4-8,13H2,1-3H3,(H,28,30,32)/b20-14+. The Morgan fingerprint density at radius 2 is 1.76 bits per heavy atom. The van der Waals surface area contributed by atoms with Crippen LogP contribution in [0.3, 0.4) is 0 Å². The zero-order valence-corrected chi connectivity index (χ0v) is 20.4. The summed E-state index contributed by atoms with van der Waals surface area (Å²) in [5.74, 6) is -0.373. The van der Waals surface area contributed by atoms with E-state index in [0.717, 1.165) is 29.7 Å². The highest BCUT2D eigenvalue weighted by Gasteiger charge is 2.37. The number of amides is 4. The lowest BCUT2D eigenvalue weighted by molar-refractivity contribution is -0.122. The summed E-state index contributed by atoms with van der Waals surface area (Å²) < 4.78 is 11.6. The Morgan fingerprint density at radius 3 is 2.47 bits per heavy atom. The molecule has 3 rings (SSSR count). The van der Waals surface area contributed by atoms with E-state index in [-0.39, 0.29) is 11.3 Å². The van der Waals surface area contributed by atoms with E-state index in [9.17, 15) is 14.4 Å². The van der Waals surface area contributed by atoms with E-state index in [1.807, 2.05) is 13.8 Å². The molecule has 0 radical (unpaired) electrons. The van der Waals surface area contributed by atoms with Crippen molar-refractivity contribution in [1.82, 2.24) is 5.32 Å². The molecule has 8 heteroatoms. The number of benzene rings is 2. The third-order valence-electron chi connectivity index (χ3n) is 5.35. The fourth-order valence-electron chi connectivity index (χ4n) is 3.49. The van der Waals surface area contributed by atoms with Crippen LogP contribution in [0, 0.1) is 6.92 Å². The number of nitrogens with one attached hydrogen (secondary N) is 1. The number of imide groups is 2. The molecule has 4 amide bonds. The molecular formula is C26H29ClN2O5. The van der Waals surface area contributed by atoms with Gasteiger partial charge in [-0.05, 0) is 61.7 Å². The number of anilines is 1. The van der Waals surface area contributed by atoms with Crippen LogP contribution in [0.1, 0.15) is 50.7 Å². The second-order valence-corrected chi connectivity index (χ2v) is 8.35. The van der Waals surface area contributed by atoms with Gasteiger partial charge in [0.15, 0.2) is 11.5 Å². The molecule has 0 unspecified atom stereocenters. The van der Waals surface area contributed by atoms with E-state index in [1.54, 1.807) is 30.3 Å². The van der Waals surface area contributed by atoms with Crippen molar-refractivity contribution >= 4 is 41.2 Å². The lowest BCUT2D eigenvalue weighted by Crippen LogP contribution is -2.54. The highest BCUT2D eigenvalue weighted by Crippen LogP contribution is 2.31. The minimum Gasteiger partial charge on any atom is -0.490 e. The quantitative estimate of drug-likeness (QED) is 0.266. The van der Waals surface area contributed by atoms with Crippen LogP contribution >= 0.6 is 11.6 Å². The molecule has 2 aromatic carbocycles. The maximum atomic E-state index is 13.1. The maximum Gasteiger partial charge on any atom is 0.335 e. The lowest BCUT2D eigenvalue weighted by atomic mass is 10.1. The Labute approximate surface area is 204 Å². The molecule has 1 aliphatic heterocycles. The number of carbonyl (C=O) groups excluding carboxylic acids is 3. The smallest absolute Gasteiger partial charge is 0.335 e. The Morgan fingerprint density at radius 1 is 0.971 bits per heavy atom. The minimum absolute atomic E-state index is 0.174. The Hall–Kier alpha value is -3.32. The number of aryl methyl sites for hydroxylation is 1. The number of ether oxygens (including phenoxy) is 2. The number of nitrogens with zero attached hydrogens (tertiary/aromatic N) is 1. The van der Waals surface area contributed by atoms with Crippen molar-refractivity contribution in [1.29, 1.82) is 0 Å². The van der Waals surface area contributed by atoms with E-state index in [4.69, 9.17) is 21.1 Å². The van der Waals surface area contributed by atoms with Crippen molar-refractivity contribution in [3.63, 3.8) is 0 Å². The van der Waals surface area contributed by atoms with Gasteiger partial charge in [0, 0.05) is 5.02 Å². The summed E-state index contributed by atoms with van der Waals surface area (Å²) >= 11 is 6.17. The average Bonchev–Trinajstić information content (AvgIpc) is 2.80. The first-order chi connectivity index (χ1) is 16.3. The summed E-state index contributed by atoms with van der Waals surface area (Å²) in [5, 5.41) is 2.63. The second-order valence-electron chi connectivity index (χ2n) is 7.94. The van der Waals surface area contributed by atoms with Crippen LogP contribution in [-0.2, 0) is 9.59 Å². The molecule has 0 bridgehead atoms. The van der Waals surface area contributed by atoms with Crippen LogP contribution in [0.2, 0.25) is 5.02 Å². The second kappa shape index (κ2) is 11.7. The first-order valence-electron chi connectivity index (χ1n) is 11.4. The molecular weight excluding hydrogens is 456 g/mol. The molecule has 0 saturated carbocycles. The van der Waals surface area contributed by atoms with Gasteiger partial charge in [-0.15, -0.1) is 0 Å². The Bertz CT molecular complexity index is 1110. The maximum absolute atomic E-state index is 13.1. The first-order valence-corrected chi connectivity index (χ1v) is 11.8. The van der Waals surface area contributed by atoms with Crippen LogP contribution in [-0.4, -0.2) is 31.1 Å². The average molecular weight is 485 g/mol. The van der Waals surface area contributed by atoms with Crippen molar-refractivity contribution in [2.75, 3.05) is 18.1 Å². The summed E-state index contributed by atoms with van der Waals surface area (Å²) in [5.41, 5.74) is 1.47. The molecule has 7 nitrogen and oxygen atoms in total. The molecule has 1 heterocycles. The molecule has 180 valence electrons. The van der Waals surface area contributed by atoms with Crippen LogP contribution in [0.25, 0.3) is 6.08 Å². The zero-order chi connectivity index (χ0) is 24.7. The highest BCUT2D eigenvalue weighted by atomic mass is 35.5. The fourth-order valence-corrected chi connectivity index (χ4v) is 3.67. The molecule has 1 saturated heterocycles. The van der Waals surface area contributed by atoms with Gasteiger partial charge >= 0.3 is 6.03 Å². The number of unbranched alkanes of at least 4 members (excludes halogenated alkanes) is 3. The monoisotopic (exact) mass is 484 g/mol. The topological polar surface area (TPSA) is 84.9 Å². The van der Waals surface area contributed by atoms with Gasteiger partial charge in [0.25, 0.3) is 11.8 Å². The van der Waals surface area contributed by atoms with Gasteiger partial charge in [0.2, 0.25) is 0 Å². The lowest BCUT2D eigenvalue weighted by Gasteiger charge is -2.26. The van der Waals surface area contributed by atoms with Gasteiger partial charge in [-0.1, -0.05) is 49.9 Å². The van der Waals surface area contributed by atoms with Gasteiger partial charge in [0.05, 0.1) is 18.9 Å². The van der Waals surface area contributed by atoms with Gasteiger partial charge in [-0.2, -0.15) is 0 Å². The highest BCUT2D eigenvalue weighted by molar-refractivity contribution is 6.39. The van der Waals surface area contributed by atoms with Crippen LogP contribution in [0.15, 0.2) is 42.0 Å². The largest absolute Gasteiger partial charge is 0.490 e. The van der Waals surface area contributed by atoms with Crippen molar-refractivity contribution in [3.8, 4) is 11.5 Å². The predicted molar refractivity (Wildman–Crippen MR) is 132 cm³/mol. The molecule has 0 spiro atoms.